The smallest absolute Gasteiger partial charge is 0.241 e. The third-order valence-corrected chi connectivity index (χ3v) is 5.96. The molecule has 28 heavy (non-hydrogen) atoms. The monoisotopic (exact) mass is 403 g/mol. The molecule has 0 saturated heterocycles. The number of hydrogen-bond acceptors (Lipinski definition) is 3. The second-order valence-corrected chi connectivity index (χ2v) is 8.22. The predicted octanol–water partition coefficient (Wildman–Crippen LogP) is 2.65. The van der Waals surface area contributed by atoms with Gasteiger partial charge >= 0.3 is 0 Å². The van der Waals surface area contributed by atoms with Gasteiger partial charge in [-0.2, -0.15) is 4.72 Å². The Morgan fingerprint density at radius 2 is 1.82 bits per heavy atom. The molecule has 6 nitrogen and oxygen atoms in total. The van der Waals surface area contributed by atoms with Gasteiger partial charge in [-0.25, -0.2) is 12.8 Å². The lowest BCUT2D eigenvalue weighted by atomic mass is 10.2. The first-order chi connectivity index (χ1) is 13.4. The first-order valence-corrected chi connectivity index (χ1v) is 10.4. The highest BCUT2D eigenvalue weighted by Gasteiger charge is 2.21. The van der Waals surface area contributed by atoms with E-state index in [-0.39, 0.29) is 4.90 Å². The molecule has 3 rings (SSSR count). The maximum absolute atomic E-state index is 12.9. The summed E-state index contributed by atoms with van der Waals surface area (Å²) in [6.07, 6.45) is 2.72. The van der Waals surface area contributed by atoms with Crippen LogP contribution < -0.4 is 10.0 Å². The van der Waals surface area contributed by atoms with Crippen molar-refractivity contribution >= 4 is 26.8 Å². The number of aryl methyl sites for hydroxylation is 1. The Morgan fingerprint density at radius 3 is 2.57 bits per heavy atom. The lowest BCUT2D eigenvalue weighted by molar-refractivity contribution is -0.122. The van der Waals surface area contributed by atoms with Gasteiger partial charge < -0.3 is 9.88 Å². The Labute approximate surface area is 163 Å². The van der Waals surface area contributed by atoms with E-state index in [1.807, 2.05) is 36.5 Å². The number of hydrogen-bond donors (Lipinski definition) is 2. The van der Waals surface area contributed by atoms with E-state index in [4.69, 9.17) is 0 Å². The van der Waals surface area contributed by atoms with Crippen LogP contribution in [0.4, 0.5) is 4.39 Å². The topological polar surface area (TPSA) is 80.2 Å². The molecule has 1 aromatic heterocycles. The molecule has 148 valence electrons. The van der Waals surface area contributed by atoms with Gasteiger partial charge in [-0.3, -0.25) is 4.79 Å². The summed E-state index contributed by atoms with van der Waals surface area (Å²) in [5.74, 6) is -0.941. The molecular formula is C20H22FN3O3S. The van der Waals surface area contributed by atoms with Crippen LogP contribution in [0.5, 0.6) is 0 Å². The molecule has 0 saturated carbocycles. The first kappa shape index (κ1) is 20.0. The zero-order chi connectivity index (χ0) is 20.1. The van der Waals surface area contributed by atoms with Crippen molar-refractivity contribution in [3.63, 3.8) is 0 Å². The van der Waals surface area contributed by atoms with Crippen LogP contribution in [0.25, 0.3) is 10.9 Å². The van der Waals surface area contributed by atoms with Crippen LogP contribution >= 0.6 is 0 Å². The minimum Gasteiger partial charge on any atom is -0.355 e. The SMILES string of the molecule is CC(NS(=O)(=O)c1ccc(F)cc1)C(=O)NCCCn1ccc2ccccc21. The average molecular weight is 403 g/mol. The van der Waals surface area contributed by atoms with E-state index in [1.54, 1.807) is 0 Å². The summed E-state index contributed by atoms with van der Waals surface area (Å²) >= 11 is 0. The highest BCUT2D eigenvalue weighted by Crippen LogP contribution is 2.15. The maximum Gasteiger partial charge on any atom is 0.241 e. The van der Waals surface area contributed by atoms with Crippen LogP contribution in [-0.2, 0) is 21.4 Å². The van der Waals surface area contributed by atoms with Crippen LogP contribution in [0.1, 0.15) is 13.3 Å². The number of carbonyl (C=O) groups excluding carboxylic acids is 1. The molecule has 0 aliphatic carbocycles. The number of para-hydroxylation sites is 1. The number of halogens is 1. The number of fused-ring (bicyclic) bond motifs is 1. The Balaban J connectivity index is 1.48. The fourth-order valence-corrected chi connectivity index (χ4v) is 4.12. The van der Waals surface area contributed by atoms with E-state index in [9.17, 15) is 17.6 Å². The van der Waals surface area contributed by atoms with E-state index >= 15 is 0 Å². The maximum atomic E-state index is 12.9. The highest BCUT2D eigenvalue weighted by atomic mass is 32.2. The standard InChI is InChI=1S/C20H22FN3O3S/c1-15(23-28(26,27)18-9-7-17(21)8-10-18)20(25)22-12-4-13-24-14-11-16-5-2-3-6-19(16)24/h2-3,5-11,14-15,23H,4,12-13H2,1H3,(H,22,25). The number of carbonyl (C=O) groups is 1. The van der Waals surface area contributed by atoms with Crippen molar-refractivity contribution in [3.05, 3.63) is 66.6 Å². The largest absolute Gasteiger partial charge is 0.355 e. The van der Waals surface area contributed by atoms with Crippen molar-refractivity contribution in [2.75, 3.05) is 6.54 Å². The van der Waals surface area contributed by atoms with E-state index < -0.39 is 27.8 Å². The van der Waals surface area contributed by atoms with Gasteiger partial charge in [0.2, 0.25) is 15.9 Å². The molecule has 1 atom stereocenters. The summed E-state index contributed by atoms with van der Waals surface area (Å²) in [6.45, 7) is 2.63. The molecule has 0 fully saturated rings. The van der Waals surface area contributed by atoms with Crippen LogP contribution in [0.2, 0.25) is 0 Å². The van der Waals surface area contributed by atoms with Gasteiger partial charge in [0.05, 0.1) is 10.9 Å². The number of benzene rings is 2. The molecule has 1 heterocycles. The van der Waals surface area contributed by atoms with E-state index in [0.717, 1.165) is 41.7 Å². The van der Waals surface area contributed by atoms with Gasteiger partial charge in [0.25, 0.3) is 0 Å². The van der Waals surface area contributed by atoms with Gasteiger partial charge in [-0.05, 0) is 55.1 Å². The molecule has 2 N–H and O–H groups in total. The van der Waals surface area contributed by atoms with Gasteiger partial charge in [-0.1, -0.05) is 18.2 Å². The second-order valence-electron chi connectivity index (χ2n) is 6.51. The zero-order valence-electron chi connectivity index (χ0n) is 15.4. The van der Waals surface area contributed by atoms with Crippen molar-refractivity contribution in [3.8, 4) is 0 Å². The predicted molar refractivity (Wildman–Crippen MR) is 106 cm³/mol. The van der Waals surface area contributed by atoms with E-state index in [0.29, 0.717) is 13.0 Å². The lowest BCUT2D eigenvalue weighted by Crippen LogP contribution is -2.45. The second kappa shape index (κ2) is 8.53. The molecule has 0 radical (unpaired) electrons. The van der Waals surface area contributed by atoms with Crippen LogP contribution in [-0.4, -0.2) is 31.5 Å². The summed E-state index contributed by atoms with van der Waals surface area (Å²) in [5, 5.41) is 3.90. The lowest BCUT2D eigenvalue weighted by Gasteiger charge is -2.14. The number of aromatic nitrogens is 1. The summed E-state index contributed by atoms with van der Waals surface area (Å²) in [5.41, 5.74) is 1.13. The van der Waals surface area contributed by atoms with Crippen molar-refractivity contribution in [2.45, 2.75) is 30.8 Å². The van der Waals surface area contributed by atoms with Crippen LogP contribution in [0.3, 0.4) is 0 Å². The minimum absolute atomic E-state index is 0.0898. The Hall–Kier alpha value is -2.71. The summed E-state index contributed by atoms with van der Waals surface area (Å²) in [7, 11) is -3.89. The molecule has 2 aromatic carbocycles. The molecule has 8 heteroatoms. The quantitative estimate of drug-likeness (QED) is 0.568. The third-order valence-electron chi connectivity index (χ3n) is 4.40. The van der Waals surface area contributed by atoms with E-state index in [2.05, 4.69) is 14.6 Å². The Bertz CT molecular complexity index is 1060. The van der Waals surface area contributed by atoms with Crippen LogP contribution in [0.15, 0.2) is 65.7 Å². The highest BCUT2D eigenvalue weighted by molar-refractivity contribution is 7.89. The average Bonchev–Trinajstić information content (AvgIpc) is 3.08. The molecule has 0 spiro atoms. The van der Waals surface area contributed by atoms with Crippen molar-refractivity contribution in [2.24, 2.45) is 0 Å². The normalized spacial score (nSPS) is 12.8. The summed E-state index contributed by atoms with van der Waals surface area (Å²) in [6, 6.07) is 13.6. The number of nitrogens with zero attached hydrogens (tertiary/aromatic N) is 1. The molecular weight excluding hydrogens is 381 g/mol. The van der Waals surface area contributed by atoms with Gasteiger partial charge in [-0.15, -0.1) is 0 Å². The van der Waals surface area contributed by atoms with Crippen molar-refractivity contribution < 1.29 is 17.6 Å². The van der Waals surface area contributed by atoms with Gasteiger partial charge in [0.15, 0.2) is 0 Å². The molecule has 1 unspecified atom stereocenters. The number of amides is 1. The molecule has 3 aromatic rings. The summed E-state index contributed by atoms with van der Waals surface area (Å²) in [4.78, 5) is 12.1. The first-order valence-electron chi connectivity index (χ1n) is 8.96. The number of nitrogens with one attached hydrogen (secondary N) is 2. The fourth-order valence-electron chi connectivity index (χ4n) is 2.92. The number of rotatable bonds is 8. The van der Waals surface area contributed by atoms with Crippen LogP contribution in [0, 0.1) is 5.82 Å². The summed E-state index contributed by atoms with van der Waals surface area (Å²) < 4.78 is 41.9. The third kappa shape index (κ3) is 4.76. The Kier molecular flexibility index (Phi) is 6.11. The van der Waals surface area contributed by atoms with Gasteiger partial charge in [0, 0.05) is 24.8 Å². The fraction of sp³-hybridized carbons (Fsp3) is 0.250. The van der Waals surface area contributed by atoms with E-state index in [1.165, 1.54) is 6.92 Å². The molecule has 0 bridgehead atoms. The Morgan fingerprint density at radius 1 is 1.11 bits per heavy atom. The van der Waals surface area contributed by atoms with Crippen molar-refractivity contribution in [1.82, 2.24) is 14.6 Å². The molecule has 0 aliphatic rings. The minimum atomic E-state index is -3.89. The zero-order valence-corrected chi connectivity index (χ0v) is 16.2. The molecule has 1 amide bonds. The number of sulfonamides is 1. The van der Waals surface area contributed by atoms with Gasteiger partial charge in [0.1, 0.15) is 5.82 Å². The van der Waals surface area contributed by atoms with Crippen molar-refractivity contribution in [1.29, 1.82) is 0 Å². The molecule has 0 aliphatic heterocycles.